The highest BCUT2D eigenvalue weighted by atomic mass is 16.6. The van der Waals surface area contributed by atoms with Crippen LogP contribution in [-0.4, -0.2) is 66.0 Å². The number of carbonyl (C=O) groups is 5. The molecule has 4 amide bonds. The summed E-state index contributed by atoms with van der Waals surface area (Å²) in [6.45, 7) is 6.56. The Hall–Kier alpha value is -3.63. The highest BCUT2D eigenvalue weighted by Gasteiger charge is 2.42. The van der Waals surface area contributed by atoms with Crippen LogP contribution in [0.25, 0.3) is 0 Å². The van der Waals surface area contributed by atoms with Gasteiger partial charge in [0, 0.05) is 12.5 Å². The average Bonchev–Trinajstić information content (AvgIpc) is 2.76. The maximum Gasteiger partial charge on any atom is 0.408 e. The first kappa shape index (κ1) is 29.6. The van der Waals surface area contributed by atoms with Crippen LogP contribution >= 0.6 is 0 Å². The van der Waals surface area contributed by atoms with Crippen LogP contribution in [0.2, 0.25) is 0 Å². The first-order valence-corrected chi connectivity index (χ1v) is 12.3. The van der Waals surface area contributed by atoms with Crippen molar-refractivity contribution in [3.8, 4) is 0 Å². The summed E-state index contributed by atoms with van der Waals surface area (Å²) in [4.78, 5) is 64.8. The number of nitrogens with zero attached hydrogens (tertiary/aromatic N) is 1. The smallest absolute Gasteiger partial charge is 0.408 e. The number of nitrogens with two attached hydrogens (primary N) is 1. The van der Waals surface area contributed by atoms with Crippen molar-refractivity contribution in [1.82, 2.24) is 15.5 Å². The lowest BCUT2D eigenvalue weighted by molar-refractivity contribution is -0.148. The van der Waals surface area contributed by atoms with Crippen LogP contribution in [0.1, 0.15) is 70.0 Å². The molecule has 11 nitrogen and oxygen atoms in total. The van der Waals surface area contributed by atoms with Crippen LogP contribution in [0.4, 0.5) is 4.79 Å². The van der Waals surface area contributed by atoms with E-state index >= 15 is 0 Å². The number of amides is 4. The van der Waals surface area contributed by atoms with Crippen LogP contribution in [0, 0.1) is 6.92 Å². The van der Waals surface area contributed by atoms with E-state index < -0.39 is 47.5 Å². The lowest BCUT2D eigenvalue weighted by Gasteiger charge is -2.43. The summed E-state index contributed by atoms with van der Waals surface area (Å²) in [6, 6.07) is 4.64. The molecule has 0 aromatic heterocycles. The Bertz CT molecular complexity index is 1000. The predicted molar refractivity (Wildman–Crippen MR) is 135 cm³/mol. The van der Waals surface area contributed by atoms with Crippen molar-refractivity contribution in [1.29, 1.82) is 0 Å². The number of rotatable bonds is 11. The number of alkyl carbamates (subject to hydrolysis) is 1. The quantitative estimate of drug-likeness (QED) is 0.377. The second kappa shape index (κ2) is 13.1. The predicted octanol–water partition coefficient (Wildman–Crippen LogP) is 1.87. The molecule has 1 aromatic rings. The zero-order valence-electron chi connectivity index (χ0n) is 22.2. The summed E-state index contributed by atoms with van der Waals surface area (Å²) in [5.74, 6) is -2.38. The molecule has 1 saturated carbocycles. The fourth-order valence-corrected chi connectivity index (χ4v) is 3.96. The van der Waals surface area contributed by atoms with E-state index in [9.17, 15) is 24.0 Å². The number of methoxy groups -OCH3 is 1. The lowest BCUT2D eigenvalue weighted by atomic mass is 9.87. The molecule has 37 heavy (non-hydrogen) atoms. The van der Waals surface area contributed by atoms with Crippen molar-refractivity contribution < 1.29 is 33.4 Å². The Morgan fingerprint density at radius 3 is 2.35 bits per heavy atom. The second-order valence-corrected chi connectivity index (χ2v) is 10.1. The number of primary amides is 1. The minimum Gasteiger partial charge on any atom is -0.468 e. The Labute approximate surface area is 217 Å². The topological polar surface area (TPSA) is 157 Å². The molecule has 4 N–H and O–H groups in total. The van der Waals surface area contributed by atoms with Gasteiger partial charge in [-0.15, -0.1) is 0 Å². The fourth-order valence-electron chi connectivity index (χ4n) is 3.96. The van der Waals surface area contributed by atoms with Crippen molar-refractivity contribution in [2.24, 2.45) is 5.73 Å². The third-order valence-corrected chi connectivity index (χ3v) is 5.91. The molecule has 2 unspecified atom stereocenters. The van der Waals surface area contributed by atoms with Gasteiger partial charge in [0.1, 0.15) is 24.2 Å². The SMILES string of the molecule is COC(=O)CNC(=O)C(c1cccc(C)c1)N(C(=O)C(CCC(N)=O)NC(=O)OC(C)(C)C)C1CCC1. The monoisotopic (exact) mass is 518 g/mol. The van der Waals surface area contributed by atoms with E-state index in [1.54, 1.807) is 39.0 Å². The number of ether oxygens (including phenoxy) is 2. The van der Waals surface area contributed by atoms with Gasteiger partial charge < -0.3 is 30.7 Å². The molecule has 0 heterocycles. The standard InChI is InChI=1S/C26H38N4O7/c1-16-8-6-9-17(14-16)22(23(33)28-15-21(32)36-5)30(18-10-7-11-18)24(34)19(12-13-20(27)31)29-25(35)37-26(2,3)4/h6,8-9,14,18-19,22H,7,10-13,15H2,1-5H3,(H2,27,31)(H,28,33)(H,29,35). The third kappa shape index (κ3) is 9.07. The zero-order valence-corrected chi connectivity index (χ0v) is 22.2. The Balaban J connectivity index is 2.47. The first-order valence-electron chi connectivity index (χ1n) is 12.3. The van der Waals surface area contributed by atoms with Gasteiger partial charge >= 0.3 is 12.1 Å². The maximum absolute atomic E-state index is 14.0. The van der Waals surface area contributed by atoms with Crippen LogP contribution in [0.15, 0.2) is 24.3 Å². The normalized spacial score (nSPS) is 14.9. The zero-order chi connectivity index (χ0) is 27.8. The highest BCUT2D eigenvalue weighted by Crippen LogP contribution is 2.34. The van der Waals surface area contributed by atoms with Gasteiger partial charge in [-0.2, -0.15) is 0 Å². The Kier molecular flexibility index (Phi) is 10.5. The summed E-state index contributed by atoms with van der Waals surface area (Å²) in [5.41, 5.74) is 5.94. The molecule has 2 atom stereocenters. The van der Waals surface area contributed by atoms with Gasteiger partial charge in [0.05, 0.1) is 7.11 Å². The number of esters is 1. The number of carbonyl (C=O) groups excluding carboxylic acids is 5. The highest BCUT2D eigenvalue weighted by molar-refractivity contribution is 5.93. The van der Waals surface area contributed by atoms with Crippen LogP contribution in [-0.2, 0) is 28.7 Å². The number of benzene rings is 1. The van der Waals surface area contributed by atoms with E-state index in [1.807, 2.05) is 13.0 Å². The molecule has 2 rings (SSSR count). The van der Waals surface area contributed by atoms with Crippen molar-refractivity contribution in [3.63, 3.8) is 0 Å². The Morgan fingerprint density at radius 1 is 1.16 bits per heavy atom. The molecule has 1 fully saturated rings. The molecule has 0 spiro atoms. The van der Waals surface area contributed by atoms with Crippen molar-refractivity contribution in [3.05, 3.63) is 35.4 Å². The number of nitrogens with one attached hydrogen (secondary N) is 2. The molecule has 1 aliphatic carbocycles. The van der Waals surface area contributed by atoms with E-state index in [4.69, 9.17) is 10.5 Å². The van der Waals surface area contributed by atoms with E-state index in [0.29, 0.717) is 18.4 Å². The molecular formula is C26H38N4O7. The van der Waals surface area contributed by atoms with Crippen LogP contribution < -0.4 is 16.4 Å². The van der Waals surface area contributed by atoms with Gasteiger partial charge in [-0.3, -0.25) is 19.2 Å². The molecule has 0 aliphatic heterocycles. The number of hydrogen-bond donors (Lipinski definition) is 3. The third-order valence-electron chi connectivity index (χ3n) is 5.91. The van der Waals surface area contributed by atoms with Gasteiger partial charge in [0.2, 0.25) is 17.7 Å². The molecule has 0 saturated heterocycles. The van der Waals surface area contributed by atoms with Gasteiger partial charge in [0.25, 0.3) is 0 Å². The number of aryl methyl sites for hydroxylation is 1. The van der Waals surface area contributed by atoms with E-state index in [2.05, 4.69) is 15.4 Å². The maximum atomic E-state index is 14.0. The van der Waals surface area contributed by atoms with E-state index in [-0.39, 0.29) is 25.4 Å². The van der Waals surface area contributed by atoms with Crippen LogP contribution in [0.3, 0.4) is 0 Å². The second-order valence-electron chi connectivity index (χ2n) is 10.1. The lowest BCUT2D eigenvalue weighted by Crippen LogP contribution is -2.57. The summed E-state index contributed by atoms with van der Waals surface area (Å²) in [6.07, 6.45) is 1.13. The molecular weight excluding hydrogens is 480 g/mol. The molecule has 0 bridgehead atoms. The average molecular weight is 519 g/mol. The number of hydrogen-bond acceptors (Lipinski definition) is 7. The van der Waals surface area contributed by atoms with E-state index in [0.717, 1.165) is 12.0 Å². The van der Waals surface area contributed by atoms with Crippen molar-refractivity contribution >= 4 is 29.8 Å². The van der Waals surface area contributed by atoms with Crippen molar-refractivity contribution in [2.45, 2.75) is 83.5 Å². The molecule has 1 aromatic carbocycles. The molecule has 11 heteroatoms. The van der Waals surface area contributed by atoms with Crippen molar-refractivity contribution in [2.75, 3.05) is 13.7 Å². The van der Waals surface area contributed by atoms with Gasteiger partial charge in [-0.25, -0.2) is 4.79 Å². The van der Waals surface area contributed by atoms with E-state index in [1.165, 1.54) is 12.0 Å². The van der Waals surface area contributed by atoms with Crippen LogP contribution in [0.5, 0.6) is 0 Å². The summed E-state index contributed by atoms with van der Waals surface area (Å²) in [7, 11) is 1.21. The van der Waals surface area contributed by atoms with Gasteiger partial charge in [-0.05, 0) is 58.9 Å². The summed E-state index contributed by atoms with van der Waals surface area (Å²) in [5, 5.41) is 5.12. The minimum atomic E-state index is -1.16. The van der Waals surface area contributed by atoms with Gasteiger partial charge in [0.15, 0.2) is 0 Å². The Morgan fingerprint density at radius 2 is 1.84 bits per heavy atom. The molecule has 204 valence electrons. The summed E-state index contributed by atoms with van der Waals surface area (Å²) < 4.78 is 9.95. The summed E-state index contributed by atoms with van der Waals surface area (Å²) >= 11 is 0. The first-order chi connectivity index (χ1) is 17.3. The largest absolute Gasteiger partial charge is 0.468 e. The molecule has 0 radical (unpaired) electrons. The van der Waals surface area contributed by atoms with Gasteiger partial charge in [-0.1, -0.05) is 29.8 Å². The molecule has 1 aliphatic rings. The minimum absolute atomic E-state index is 0.0685. The fraction of sp³-hybridized carbons (Fsp3) is 0.577.